The van der Waals surface area contributed by atoms with E-state index in [0.29, 0.717) is 12.1 Å². The minimum absolute atomic E-state index is 0.492. The monoisotopic (exact) mass is 218 g/mol. The lowest BCUT2D eigenvalue weighted by Crippen LogP contribution is -2.41. The standard InChI is InChI=1S/C9H18N2S2/c1-7(5-6-13-2)10-9(12)11-8-3-4-8/h7-8H,3-6H2,1-2H3,(H2,10,11,12). The lowest BCUT2D eigenvalue weighted by atomic mass is 10.3. The fourth-order valence-corrected chi connectivity index (χ4v) is 2.00. The van der Waals surface area contributed by atoms with Crippen molar-refractivity contribution in [3.8, 4) is 0 Å². The van der Waals surface area contributed by atoms with E-state index >= 15 is 0 Å². The highest BCUT2D eigenvalue weighted by Crippen LogP contribution is 2.18. The molecule has 1 fully saturated rings. The first-order chi connectivity index (χ1) is 6.22. The van der Waals surface area contributed by atoms with Crippen LogP contribution in [0.5, 0.6) is 0 Å². The molecule has 2 nitrogen and oxygen atoms in total. The van der Waals surface area contributed by atoms with E-state index in [1.54, 1.807) is 0 Å². The Morgan fingerprint density at radius 2 is 2.31 bits per heavy atom. The van der Waals surface area contributed by atoms with Gasteiger partial charge in [-0.15, -0.1) is 0 Å². The Morgan fingerprint density at radius 3 is 2.85 bits per heavy atom. The van der Waals surface area contributed by atoms with E-state index in [1.165, 1.54) is 25.0 Å². The third kappa shape index (κ3) is 5.37. The van der Waals surface area contributed by atoms with E-state index in [2.05, 4.69) is 23.8 Å². The maximum atomic E-state index is 5.17. The highest BCUT2D eigenvalue weighted by atomic mass is 32.2. The molecule has 0 radical (unpaired) electrons. The summed E-state index contributed by atoms with van der Waals surface area (Å²) in [6.07, 6.45) is 5.86. The molecule has 13 heavy (non-hydrogen) atoms. The number of thiocarbonyl (C=S) groups is 1. The summed E-state index contributed by atoms with van der Waals surface area (Å²) in [5.74, 6) is 1.19. The predicted octanol–water partition coefficient (Wildman–Crippen LogP) is 1.75. The molecule has 0 heterocycles. The summed E-state index contributed by atoms with van der Waals surface area (Å²) in [5.41, 5.74) is 0. The zero-order chi connectivity index (χ0) is 9.68. The Bertz CT molecular complexity index is 169. The topological polar surface area (TPSA) is 24.1 Å². The predicted molar refractivity (Wildman–Crippen MR) is 64.4 cm³/mol. The van der Waals surface area contributed by atoms with E-state index < -0.39 is 0 Å². The summed E-state index contributed by atoms with van der Waals surface area (Å²) in [6, 6.07) is 1.15. The van der Waals surface area contributed by atoms with Crippen molar-refractivity contribution in [2.45, 2.75) is 38.3 Å². The smallest absolute Gasteiger partial charge is 0.166 e. The van der Waals surface area contributed by atoms with Crippen LogP contribution >= 0.6 is 24.0 Å². The highest BCUT2D eigenvalue weighted by molar-refractivity contribution is 7.98. The summed E-state index contributed by atoms with van der Waals surface area (Å²) in [6.45, 7) is 2.18. The van der Waals surface area contributed by atoms with Gasteiger partial charge in [0.2, 0.25) is 0 Å². The third-order valence-electron chi connectivity index (χ3n) is 2.05. The fourth-order valence-electron chi connectivity index (χ4n) is 1.05. The van der Waals surface area contributed by atoms with Crippen molar-refractivity contribution >= 4 is 29.1 Å². The summed E-state index contributed by atoms with van der Waals surface area (Å²) < 4.78 is 0. The average Bonchev–Trinajstić information content (AvgIpc) is 2.84. The molecule has 1 aliphatic carbocycles. The number of nitrogens with one attached hydrogen (secondary N) is 2. The van der Waals surface area contributed by atoms with Gasteiger partial charge in [-0.05, 0) is 50.4 Å². The van der Waals surface area contributed by atoms with Crippen LogP contribution in [0.1, 0.15) is 26.2 Å². The van der Waals surface area contributed by atoms with E-state index in [-0.39, 0.29) is 0 Å². The van der Waals surface area contributed by atoms with Crippen molar-refractivity contribution < 1.29 is 0 Å². The zero-order valence-electron chi connectivity index (χ0n) is 8.30. The van der Waals surface area contributed by atoms with Crippen LogP contribution in [0.25, 0.3) is 0 Å². The van der Waals surface area contributed by atoms with Crippen LogP contribution in [0.4, 0.5) is 0 Å². The largest absolute Gasteiger partial charge is 0.360 e. The molecular weight excluding hydrogens is 200 g/mol. The average molecular weight is 218 g/mol. The van der Waals surface area contributed by atoms with Crippen LogP contribution in [0.15, 0.2) is 0 Å². The number of rotatable bonds is 5. The Labute approximate surface area is 90.2 Å². The van der Waals surface area contributed by atoms with Crippen LogP contribution in [0.2, 0.25) is 0 Å². The van der Waals surface area contributed by atoms with E-state index in [4.69, 9.17) is 12.2 Å². The second kappa shape index (κ2) is 5.70. The van der Waals surface area contributed by atoms with Crippen LogP contribution in [-0.2, 0) is 0 Å². The molecule has 0 saturated heterocycles. The number of thioether (sulfide) groups is 1. The summed E-state index contributed by atoms with van der Waals surface area (Å²) in [4.78, 5) is 0. The fraction of sp³-hybridized carbons (Fsp3) is 0.889. The third-order valence-corrected chi connectivity index (χ3v) is 2.92. The molecule has 4 heteroatoms. The second-order valence-electron chi connectivity index (χ2n) is 3.57. The first-order valence-electron chi connectivity index (χ1n) is 4.78. The van der Waals surface area contributed by atoms with Crippen LogP contribution in [0, 0.1) is 0 Å². The van der Waals surface area contributed by atoms with Crippen molar-refractivity contribution in [1.29, 1.82) is 0 Å². The zero-order valence-corrected chi connectivity index (χ0v) is 9.93. The van der Waals surface area contributed by atoms with Gasteiger partial charge in [-0.3, -0.25) is 0 Å². The van der Waals surface area contributed by atoms with Crippen LogP contribution in [-0.4, -0.2) is 29.2 Å². The van der Waals surface area contributed by atoms with Gasteiger partial charge in [-0.1, -0.05) is 0 Å². The van der Waals surface area contributed by atoms with Gasteiger partial charge in [0.1, 0.15) is 0 Å². The minimum Gasteiger partial charge on any atom is -0.360 e. The molecule has 0 aromatic heterocycles. The maximum Gasteiger partial charge on any atom is 0.166 e. The SMILES string of the molecule is CSCCC(C)NC(=S)NC1CC1. The Hall–Kier alpha value is 0.0400. The van der Waals surface area contributed by atoms with Crippen molar-refractivity contribution in [3.05, 3.63) is 0 Å². The molecule has 1 aliphatic rings. The maximum absolute atomic E-state index is 5.17. The molecule has 0 aromatic rings. The molecule has 76 valence electrons. The quantitative estimate of drug-likeness (QED) is 0.687. The van der Waals surface area contributed by atoms with Gasteiger partial charge >= 0.3 is 0 Å². The summed E-state index contributed by atoms with van der Waals surface area (Å²) >= 11 is 7.05. The first kappa shape index (κ1) is 11.1. The molecule has 1 saturated carbocycles. The summed E-state index contributed by atoms with van der Waals surface area (Å²) in [7, 11) is 0. The molecule has 0 aromatic carbocycles. The Balaban J connectivity index is 2.03. The van der Waals surface area contributed by atoms with Crippen molar-refractivity contribution in [1.82, 2.24) is 10.6 Å². The van der Waals surface area contributed by atoms with E-state index in [9.17, 15) is 0 Å². The molecule has 1 rings (SSSR count). The molecule has 0 aliphatic heterocycles. The Kier molecular flexibility index (Phi) is 4.88. The molecule has 0 spiro atoms. The van der Waals surface area contributed by atoms with Gasteiger partial charge in [0, 0.05) is 12.1 Å². The van der Waals surface area contributed by atoms with Crippen LogP contribution < -0.4 is 10.6 Å². The second-order valence-corrected chi connectivity index (χ2v) is 4.97. The molecular formula is C9H18N2S2. The van der Waals surface area contributed by atoms with Crippen molar-refractivity contribution in [2.75, 3.05) is 12.0 Å². The molecule has 0 bridgehead atoms. The van der Waals surface area contributed by atoms with Crippen molar-refractivity contribution in [2.24, 2.45) is 0 Å². The van der Waals surface area contributed by atoms with Gasteiger partial charge in [0.05, 0.1) is 0 Å². The molecule has 2 N–H and O–H groups in total. The minimum atomic E-state index is 0.492. The highest BCUT2D eigenvalue weighted by Gasteiger charge is 2.21. The van der Waals surface area contributed by atoms with Crippen LogP contribution in [0.3, 0.4) is 0 Å². The Morgan fingerprint density at radius 1 is 1.62 bits per heavy atom. The van der Waals surface area contributed by atoms with E-state index in [0.717, 1.165) is 5.11 Å². The normalized spacial score (nSPS) is 18.0. The summed E-state index contributed by atoms with van der Waals surface area (Å²) in [5, 5.41) is 7.40. The van der Waals surface area contributed by atoms with E-state index in [1.807, 2.05) is 11.8 Å². The van der Waals surface area contributed by atoms with Gasteiger partial charge < -0.3 is 10.6 Å². The van der Waals surface area contributed by atoms with Gasteiger partial charge in [-0.2, -0.15) is 11.8 Å². The molecule has 0 amide bonds. The molecule has 1 atom stereocenters. The van der Waals surface area contributed by atoms with Gasteiger partial charge in [-0.25, -0.2) is 0 Å². The lowest BCUT2D eigenvalue weighted by Gasteiger charge is -2.16. The number of hydrogen-bond donors (Lipinski definition) is 2. The number of hydrogen-bond acceptors (Lipinski definition) is 2. The van der Waals surface area contributed by atoms with Gasteiger partial charge in [0.15, 0.2) is 5.11 Å². The first-order valence-corrected chi connectivity index (χ1v) is 6.58. The molecule has 1 unspecified atom stereocenters. The van der Waals surface area contributed by atoms with Crippen molar-refractivity contribution in [3.63, 3.8) is 0 Å². The lowest BCUT2D eigenvalue weighted by molar-refractivity contribution is 0.636. The van der Waals surface area contributed by atoms with Gasteiger partial charge in [0.25, 0.3) is 0 Å².